The summed E-state index contributed by atoms with van der Waals surface area (Å²) in [6, 6.07) is 0. The fourth-order valence-corrected chi connectivity index (χ4v) is 3.28. The monoisotopic (exact) mass is 239 g/mol. The van der Waals surface area contributed by atoms with Crippen molar-refractivity contribution in [3.8, 4) is 0 Å². The van der Waals surface area contributed by atoms with E-state index in [0.29, 0.717) is 0 Å². The molecule has 1 saturated carbocycles. The van der Waals surface area contributed by atoms with E-state index in [2.05, 4.69) is 13.8 Å². The van der Waals surface area contributed by atoms with Crippen molar-refractivity contribution in [2.75, 3.05) is 0 Å². The summed E-state index contributed by atoms with van der Waals surface area (Å²) in [6.45, 7) is 4.58. The molecule has 1 aliphatic rings. The van der Waals surface area contributed by atoms with Crippen LogP contribution >= 0.6 is 0 Å². The zero-order valence-corrected chi connectivity index (χ0v) is 12.1. The molecule has 0 aromatic heterocycles. The lowest BCUT2D eigenvalue weighted by molar-refractivity contribution is 0.209. The maximum Gasteiger partial charge on any atom is 0.0154 e. The highest BCUT2D eigenvalue weighted by Gasteiger charge is 2.30. The van der Waals surface area contributed by atoms with Crippen LogP contribution in [0.4, 0.5) is 0 Å². The summed E-state index contributed by atoms with van der Waals surface area (Å²) in [5.74, 6) is 0.983. The maximum absolute atomic E-state index is 6.53. The lowest BCUT2D eigenvalue weighted by atomic mass is 9.73. The molecule has 0 unspecified atom stereocenters. The number of unbranched alkanes of at least 4 members (excludes halogenated alkanes) is 4. The molecule has 0 saturated heterocycles. The molecule has 0 aliphatic heterocycles. The highest BCUT2D eigenvalue weighted by Crippen LogP contribution is 2.35. The SMILES string of the molecule is CCCCCCCC1(N)CCC(CCC)CC1. The first kappa shape index (κ1) is 15.0. The summed E-state index contributed by atoms with van der Waals surface area (Å²) < 4.78 is 0. The van der Waals surface area contributed by atoms with Crippen LogP contribution in [0, 0.1) is 5.92 Å². The minimum absolute atomic E-state index is 0.205. The van der Waals surface area contributed by atoms with Crippen LogP contribution in [0.5, 0.6) is 0 Å². The quantitative estimate of drug-likeness (QED) is 0.590. The van der Waals surface area contributed by atoms with E-state index < -0.39 is 0 Å². The number of rotatable bonds is 8. The Morgan fingerprint density at radius 1 is 0.941 bits per heavy atom. The second kappa shape index (κ2) is 8.13. The van der Waals surface area contributed by atoms with Gasteiger partial charge in [-0.1, -0.05) is 58.8 Å². The minimum atomic E-state index is 0.205. The average molecular weight is 239 g/mol. The first-order valence-corrected chi connectivity index (χ1v) is 7.99. The van der Waals surface area contributed by atoms with Gasteiger partial charge in [0.25, 0.3) is 0 Å². The topological polar surface area (TPSA) is 26.0 Å². The molecule has 1 nitrogen and oxygen atoms in total. The van der Waals surface area contributed by atoms with Crippen molar-refractivity contribution in [1.82, 2.24) is 0 Å². The van der Waals surface area contributed by atoms with Gasteiger partial charge >= 0.3 is 0 Å². The van der Waals surface area contributed by atoms with Gasteiger partial charge in [-0.2, -0.15) is 0 Å². The third-order valence-electron chi connectivity index (χ3n) is 4.58. The van der Waals surface area contributed by atoms with Gasteiger partial charge in [0.05, 0.1) is 0 Å². The van der Waals surface area contributed by atoms with E-state index in [-0.39, 0.29) is 5.54 Å². The van der Waals surface area contributed by atoms with Crippen molar-refractivity contribution < 1.29 is 0 Å². The molecule has 0 atom stereocenters. The second-order valence-corrected chi connectivity index (χ2v) is 6.26. The first-order valence-electron chi connectivity index (χ1n) is 7.99. The molecule has 102 valence electrons. The minimum Gasteiger partial charge on any atom is -0.325 e. The molecule has 0 radical (unpaired) electrons. The molecule has 0 amide bonds. The van der Waals surface area contributed by atoms with E-state index in [1.165, 1.54) is 77.0 Å². The van der Waals surface area contributed by atoms with E-state index in [9.17, 15) is 0 Å². The Balaban J connectivity index is 2.11. The summed E-state index contributed by atoms with van der Waals surface area (Å²) in [7, 11) is 0. The van der Waals surface area contributed by atoms with Crippen molar-refractivity contribution >= 4 is 0 Å². The van der Waals surface area contributed by atoms with Crippen LogP contribution in [0.15, 0.2) is 0 Å². The predicted octanol–water partition coefficient (Wildman–Crippen LogP) is 5.03. The Labute approximate surface area is 109 Å². The molecule has 0 heterocycles. The number of hydrogen-bond acceptors (Lipinski definition) is 1. The molecule has 2 N–H and O–H groups in total. The zero-order chi connectivity index (χ0) is 12.6. The Morgan fingerprint density at radius 3 is 2.18 bits per heavy atom. The molecule has 0 spiro atoms. The zero-order valence-electron chi connectivity index (χ0n) is 12.1. The highest BCUT2D eigenvalue weighted by molar-refractivity contribution is 4.89. The fourth-order valence-electron chi connectivity index (χ4n) is 3.28. The van der Waals surface area contributed by atoms with Gasteiger partial charge in [-0.3, -0.25) is 0 Å². The van der Waals surface area contributed by atoms with Gasteiger partial charge in [0.15, 0.2) is 0 Å². The third kappa shape index (κ3) is 5.90. The Bertz CT molecular complexity index is 180. The summed E-state index contributed by atoms with van der Waals surface area (Å²) >= 11 is 0. The second-order valence-electron chi connectivity index (χ2n) is 6.26. The standard InChI is InChI=1S/C16H33N/c1-3-5-6-7-8-12-16(17)13-10-15(9-4-2)11-14-16/h15H,3-14,17H2,1-2H3. The van der Waals surface area contributed by atoms with Crippen molar-refractivity contribution in [2.45, 2.75) is 96.4 Å². The normalized spacial score (nSPS) is 29.5. The lowest BCUT2D eigenvalue weighted by Gasteiger charge is -2.37. The van der Waals surface area contributed by atoms with Crippen LogP contribution in [0.2, 0.25) is 0 Å². The molecule has 1 heteroatoms. The van der Waals surface area contributed by atoms with Crippen molar-refractivity contribution in [3.05, 3.63) is 0 Å². The fraction of sp³-hybridized carbons (Fsp3) is 1.00. The van der Waals surface area contributed by atoms with E-state index in [0.717, 1.165) is 5.92 Å². The van der Waals surface area contributed by atoms with Crippen LogP contribution in [0.1, 0.15) is 90.9 Å². The predicted molar refractivity (Wildman–Crippen MR) is 77.2 cm³/mol. The van der Waals surface area contributed by atoms with Gasteiger partial charge in [0.1, 0.15) is 0 Å². The van der Waals surface area contributed by atoms with Gasteiger partial charge in [0, 0.05) is 5.54 Å². The van der Waals surface area contributed by atoms with E-state index in [1.54, 1.807) is 0 Å². The van der Waals surface area contributed by atoms with Gasteiger partial charge in [-0.15, -0.1) is 0 Å². The molecule has 0 bridgehead atoms. The van der Waals surface area contributed by atoms with Crippen LogP contribution < -0.4 is 5.73 Å². The van der Waals surface area contributed by atoms with Crippen LogP contribution in [0.3, 0.4) is 0 Å². The molecule has 1 rings (SSSR count). The van der Waals surface area contributed by atoms with Gasteiger partial charge in [0.2, 0.25) is 0 Å². The summed E-state index contributed by atoms with van der Waals surface area (Å²) in [4.78, 5) is 0. The van der Waals surface area contributed by atoms with Crippen molar-refractivity contribution in [2.24, 2.45) is 11.7 Å². The summed E-state index contributed by atoms with van der Waals surface area (Å²) in [6.07, 6.45) is 16.3. The molecule has 0 aromatic rings. The highest BCUT2D eigenvalue weighted by atomic mass is 14.7. The molecular weight excluding hydrogens is 206 g/mol. The average Bonchev–Trinajstić information content (AvgIpc) is 2.33. The lowest BCUT2D eigenvalue weighted by Crippen LogP contribution is -2.43. The Morgan fingerprint density at radius 2 is 1.59 bits per heavy atom. The van der Waals surface area contributed by atoms with E-state index in [4.69, 9.17) is 5.73 Å². The maximum atomic E-state index is 6.53. The molecule has 0 aromatic carbocycles. The first-order chi connectivity index (χ1) is 8.20. The summed E-state index contributed by atoms with van der Waals surface area (Å²) in [5, 5.41) is 0. The van der Waals surface area contributed by atoms with Crippen molar-refractivity contribution in [1.29, 1.82) is 0 Å². The Kier molecular flexibility index (Phi) is 7.18. The molecule has 1 fully saturated rings. The van der Waals surface area contributed by atoms with Crippen LogP contribution in [0.25, 0.3) is 0 Å². The number of hydrogen-bond donors (Lipinski definition) is 1. The van der Waals surface area contributed by atoms with Crippen molar-refractivity contribution in [3.63, 3.8) is 0 Å². The molecular formula is C16H33N. The third-order valence-corrected chi connectivity index (χ3v) is 4.58. The number of nitrogens with two attached hydrogens (primary N) is 1. The largest absolute Gasteiger partial charge is 0.325 e. The van der Waals surface area contributed by atoms with Gasteiger partial charge in [-0.25, -0.2) is 0 Å². The molecule has 17 heavy (non-hydrogen) atoms. The summed E-state index contributed by atoms with van der Waals surface area (Å²) in [5.41, 5.74) is 6.74. The van der Waals surface area contributed by atoms with Gasteiger partial charge < -0.3 is 5.73 Å². The van der Waals surface area contributed by atoms with Gasteiger partial charge in [-0.05, 0) is 38.0 Å². The Hall–Kier alpha value is -0.0400. The van der Waals surface area contributed by atoms with Crippen LogP contribution in [-0.2, 0) is 0 Å². The van der Waals surface area contributed by atoms with E-state index >= 15 is 0 Å². The molecule has 1 aliphatic carbocycles. The van der Waals surface area contributed by atoms with E-state index in [1.807, 2.05) is 0 Å². The van der Waals surface area contributed by atoms with Crippen LogP contribution in [-0.4, -0.2) is 5.54 Å². The smallest absolute Gasteiger partial charge is 0.0154 e.